The van der Waals surface area contributed by atoms with Crippen LogP contribution >= 0.6 is 11.6 Å². The smallest absolute Gasteiger partial charge is 0.145 e. The molecule has 2 rings (SSSR count). The lowest BCUT2D eigenvalue weighted by atomic mass is 10.0. The standard InChI is InChI=1S/C17H23ClN2O2/c1-4-9-20(12-17(2,3)21)11-15-10-16(19-22-15)13-5-7-14(18)8-6-13/h4-8,15,21H,1,9-12H2,2-3H3. The highest BCUT2D eigenvalue weighted by atomic mass is 35.5. The summed E-state index contributed by atoms with van der Waals surface area (Å²) in [6.45, 7) is 9.35. The molecular formula is C17H23ClN2O2. The molecule has 1 aromatic rings. The summed E-state index contributed by atoms with van der Waals surface area (Å²) in [5.41, 5.74) is 1.22. The molecule has 0 amide bonds. The van der Waals surface area contributed by atoms with Crippen LogP contribution in [0, 0.1) is 0 Å². The molecule has 0 radical (unpaired) electrons. The summed E-state index contributed by atoms with van der Waals surface area (Å²) < 4.78 is 0. The summed E-state index contributed by atoms with van der Waals surface area (Å²) in [7, 11) is 0. The van der Waals surface area contributed by atoms with E-state index in [1.54, 1.807) is 13.8 Å². The van der Waals surface area contributed by atoms with Gasteiger partial charge in [-0.3, -0.25) is 4.90 Å². The van der Waals surface area contributed by atoms with Crippen LogP contribution in [0.4, 0.5) is 0 Å². The molecule has 1 unspecified atom stereocenters. The summed E-state index contributed by atoms with van der Waals surface area (Å²) in [5, 5.41) is 14.9. The Morgan fingerprint density at radius 3 is 2.73 bits per heavy atom. The molecule has 0 saturated carbocycles. The quantitative estimate of drug-likeness (QED) is 0.785. The molecule has 0 fully saturated rings. The van der Waals surface area contributed by atoms with Crippen LogP contribution in [0.3, 0.4) is 0 Å². The zero-order valence-electron chi connectivity index (χ0n) is 13.1. The van der Waals surface area contributed by atoms with Crippen molar-refractivity contribution in [2.24, 2.45) is 5.16 Å². The minimum absolute atomic E-state index is 0.00650. The number of aliphatic hydroxyl groups is 1. The van der Waals surface area contributed by atoms with Gasteiger partial charge in [-0.15, -0.1) is 6.58 Å². The third-order valence-corrected chi connectivity index (χ3v) is 3.62. The van der Waals surface area contributed by atoms with Crippen LogP contribution in [-0.2, 0) is 4.84 Å². The van der Waals surface area contributed by atoms with Crippen molar-refractivity contribution in [3.8, 4) is 0 Å². The number of hydrogen-bond acceptors (Lipinski definition) is 4. The second-order valence-electron chi connectivity index (χ2n) is 6.27. The van der Waals surface area contributed by atoms with Gasteiger partial charge in [0.25, 0.3) is 0 Å². The van der Waals surface area contributed by atoms with Crippen molar-refractivity contribution in [1.82, 2.24) is 4.90 Å². The molecule has 1 N–H and O–H groups in total. The van der Waals surface area contributed by atoms with Crippen molar-refractivity contribution < 1.29 is 9.94 Å². The van der Waals surface area contributed by atoms with Crippen LogP contribution in [0.1, 0.15) is 25.8 Å². The van der Waals surface area contributed by atoms with Crippen molar-refractivity contribution in [3.05, 3.63) is 47.5 Å². The fourth-order valence-corrected chi connectivity index (χ4v) is 2.69. The average molecular weight is 323 g/mol. The summed E-state index contributed by atoms with van der Waals surface area (Å²) in [6.07, 6.45) is 2.58. The Morgan fingerprint density at radius 2 is 2.14 bits per heavy atom. The highest BCUT2D eigenvalue weighted by Gasteiger charge is 2.26. The van der Waals surface area contributed by atoms with Crippen LogP contribution in [-0.4, -0.2) is 47.1 Å². The average Bonchev–Trinajstić information content (AvgIpc) is 2.86. The predicted octanol–water partition coefficient (Wildman–Crippen LogP) is 3.09. The van der Waals surface area contributed by atoms with Gasteiger partial charge in [0.1, 0.15) is 6.10 Å². The Hall–Kier alpha value is -1.36. The number of nitrogens with zero attached hydrogens (tertiary/aromatic N) is 2. The van der Waals surface area contributed by atoms with E-state index in [1.165, 1.54) is 0 Å². The Labute approximate surface area is 137 Å². The maximum Gasteiger partial charge on any atom is 0.145 e. The Kier molecular flexibility index (Phi) is 5.62. The summed E-state index contributed by atoms with van der Waals surface area (Å²) in [6, 6.07) is 7.60. The van der Waals surface area contributed by atoms with E-state index in [2.05, 4.69) is 16.6 Å². The predicted molar refractivity (Wildman–Crippen MR) is 90.4 cm³/mol. The Balaban J connectivity index is 1.93. The molecule has 0 spiro atoms. The van der Waals surface area contributed by atoms with E-state index in [0.717, 1.165) is 17.7 Å². The second-order valence-corrected chi connectivity index (χ2v) is 6.71. The van der Waals surface area contributed by atoms with E-state index in [0.29, 0.717) is 24.7 Å². The van der Waals surface area contributed by atoms with Gasteiger partial charge in [0, 0.05) is 31.1 Å². The van der Waals surface area contributed by atoms with Crippen molar-refractivity contribution in [2.75, 3.05) is 19.6 Å². The van der Waals surface area contributed by atoms with E-state index >= 15 is 0 Å². The molecule has 1 aliphatic heterocycles. The van der Waals surface area contributed by atoms with Crippen LogP contribution in [0.5, 0.6) is 0 Å². The molecule has 1 atom stereocenters. The van der Waals surface area contributed by atoms with Gasteiger partial charge in [0.2, 0.25) is 0 Å². The van der Waals surface area contributed by atoms with Gasteiger partial charge < -0.3 is 9.94 Å². The molecule has 120 valence electrons. The van der Waals surface area contributed by atoms with Crippen LogP contribution < -0.4 is 0 Å². The van der Waals surface area contributed by atoms with Crippen molar-refractivity contribution in [3.63, 3.8) is 0 Å². The number of hydrogen-bond donors (Lipinski definition) is 1. The van der Waals surface area contributed by atoms with Gasteiger partial charge in [-0.05, 0) is 31.5 Å². The zero-order valence-corrected chi connectivity index (χ0v) is 13.9. The van der Waals surface area contributed by atoms with Crippen molar-refractivity contribution in [1.29, 1.82) is 0 Å². The van der Waals surface area contributed by atoms with Gasteiger partial charge in [-0.1, -0.05) is 35.0 Å². The van der Waals surface area contributed by atoms with Gasteiger partial charge in [-0.25, -0.2) is 0 Å². The third kappa shape index (κ3) is 5.13. The first-order chi connectivity index (χ1) is 10.4. The SMILES string of the molecule is C=CCN(CC1CC(c2ccc(Cl)cc2)=NO1)CC(C)(C)O. The number of oxime groups is 1. The van der Waals surface area contributed by atoms with Crippen LogP contribution in [0.2, 0.25) is 5.02 Å². The largest absolute Gasteiger partial charge is 0.390 e. The van der Waals surface area contributed by atoms with Gasteiger partial charge in [0.15, 0.2) is 0 Å². The van der Waals surface area contributed by atoms with Crippen LogP contribution in [0.15, 0.2) is 42.1 Å². The van der Waals surface area contributed by atoms with E-state index in [4.69, 9.17) is 16.4 Å². The lowest BCUT2D eigenvalue weighted by molar-refractivity contribution is 0.00928. The third-order valence-electron chi connectivity index (χ3n) is 3.37. The van der Waals surface area contributed by atoms with E-state index in [9.17, 15) is 5.11 Å². The van der Waals surface area contributed by atoms with Gasteiger partial charge in [0.05, 0.1) is 11.3 Å². The van der Waals surface area contributed by atoms with Gasteiger partial charge in [-0.2, -0.15) is 0 Å². The number of halogens is 1. The zero-order chi connectivity index (χ0) is 16.2. The highest BCUT2D eigenvalue weighted by Crippen LogP contribution is 2.20. The Bertz CT molecular complexity index is 535. The summed E-state index contributed by atoms with van der Waals surface area (Å²) in [4.78, 5) is 7.66. The second kappa shape index (κ2) is 7.27. The molecule has 0 saturated heterocycles. The molecular weight excluding hydrogens is 300 g/mol. The fourth-order valence-electron chi connectivity index (χ4n) is 2.56. The molecule has 1 aliphatic rings. The molecule has 22 heavy (non-hydrogen) atoms. The molecule has 0 aromatic heterocycles. The molecule has 0 bridgehead atoms. The molecule has 1 aromatic carbocycles. The lowest BCUT2D eigenvalue weighted by Crippen LogP contribution is -2.42. The molecule has 5 heteroatoms. The highest BCUT2D eigenvalue weighted by molar-refractivity contribution is 6.30. The van der Waals surface area contributed by atoms with E-state index in [-0.39, 0.29) is 6.10 Å². The van der Waals surface area contributed by atoms with E-state index < -0.39 is 5.60 Å². The lowest BCUT2D eigenvalue weighted by Gasteiger charge is -2.29. The number of benzene rings is 1. The molecule has 1 heterocycles. The monoisotopic (exact) mass is 322 g/mol. The minimum atomic E-state index is -0.749. The normalized spacial score (nSPS) is 18.2. The maximum absolute atomic E-state index is 9.99. The first kappa shape index (κ1) is 17.0. The van der Waals surface area contributed by atoms with Crippen molar-refractivity contribution >= 4 is 17.3 Å². The number of rotatable bonds is 7. The topological polar surface area (TPSA) is 45.1 Å². The van der Waals surface area contributed by atoms with Crippen LogP contribution in [0.25, 0.3) is 0 Å². The van der Waals surface area contributed by atoms with Crippen molar-refractivity contribution in [2.45, 2.75) is 32.0 Å². The maximum atomic E-state index is 9.99. The fraction of sp³-hybridized carbons (Fsp3) is 0.471. The Morgan fingerprint density at radius 1 is 1.45 bits per heavy atom. The van der Waals surface area contributed by atoms with E-state index in [1.807, 2.05) is 30.3 Å². The van der Waals surface area contributed by atoms with Gasteiger partial charge >= 0.3 is 0 Å². The minimum Gasteiger partial charge on any atom is -0.390 e. The summed E-state index contributed by atoms with van der Waals surface area (Å²) >= 11 is 5.90. The first-order valence-corrected chi connectivity index (χ1v) is 7.79. The molecule has 0 aliphatic carbocycles. The first-order valence-electron chi connectivity index (χ1n) is 7.41. The summed E-state index contributed by atoms with van der Waals surface area (Å²) in [5.74, 6) is 0. The molecule has 4 nitrogen and oxygen atoms in total.